The number of hydrogen-bond acceptors (Lipinski definition) is 11. The van der Waals surface area contributed by atoms with Gasteiger partial charge in [-0.15, -0.1) is 11.6 Å². The number of aryl methyl sites for hydroxylation is 1. The number of hydrogen-bond donors (Lipinski definition) is 6. The van der Waals surface area contributed by atoms with Gasteiger partial charge < -0.3 is 16.8 Å². The van der Waals surface area contributed by atoms with E-state index in [1.165, 1.54) is 42.5 Å². The molecule has 0 unspecified atom stereocenters. The molecule has 0 heterocycles. The second-order valence-electron chi connectivity index (χ2n) is 9.96. The molecule has 1 amide bonds. The quantitative estimate of drug-likeness (QED) is 0.0815. The van der Waals surface area contributed by atoms with Crippen molar-refractivity contribution < 1.29 is 52.1 Å². The molecule has 0 spiro atoms. The standard InChI is InChI=1S/C17H19ClN2O6S2.C10H9NO6S2/c1-11-8-16(28(24,25)26)14(19)9-15(11)20-17(21)13-4-2-12(3-5-13)10-27(22,23)7-6-18;11-9-4-6-1-2-8(18(12,13)14)3-7(6)5-10(9)19(15,16)17/h2-5,8-9H,6-7,10,19H2,1H3,(H,20,21)(H,24,25,26);1-5H,11H2,(H,12,13,14)(H,15,16,17). The minimum absolute atomic E-state index is 0.0156. The van der Waals surface area contributed by atoms with E-state index in [9.17, 15) is 38.5 Å². The number of carbonyl (C=O) groups excluding carboxylic acids is 1. The number of nitrogens with two attached hydrogens (primary N) is 2. The highest BCUT2D eigenvalue weighted by Crippen LogP contribution is 2.28. The van der Waals surface area contributed by atoms with Gasteiger partial charge >= 0.3 is 0 Å². The van der Waals surface area contributed by atoms with Crippen molar-refractivity contribution >= 4 is 85.5 Å². The van der Waals surface area contributed by atoms with Gasteiger partial charge in [0, 0.05) is 17.1 Å². The van der Waals surface area contributed by atoms with Crippen LogP contribution in [0, 0.1) is 6.92 Å². The fraction of sp³-hybridized carbons (Fsp3) is 0.148. The SMILES string of the molecule is Cc1cc(S(=O)(=O)O)c(N)cc1NC(=O)c1ccc(CS(=O)(=O)CCCl)cc1.Nc1cc2ccc(S(=O)(=O)O)cc2cc1S(=O)(=O)O. The summed E-state index contributed by atoms with van der Waals surface area (Å²) in [5.74, 6) is -0.773. The van der Waals surface area contributed by atoms with E-state index in [2.05, 4.69) is 5.32 Å². The summed E-state index contributed by atoms with van der Waals surface area (Å²) >= 11 is 5.47. The van der Waals surface area contributed by atoms with Crippen molar-refractivity contribution in [2.24, 2.45) is 0 Å². The summed E-state index contributed by atoms with van der Waals surface area (Å²) < 4.78 is 117. The number of sulfone groups is 1. The first-order valence-corrected chi connectivity index (χ1v) is 19.5. The number of nitrogen functional groups attached to an aromatic ring is 2. The summed E-state index contributed by atoms with van der Waals surface area (Å²) in [5.41, 5.74) is 12.2. The normalized spacial score (nSPS) is 12.3. The predicted molar refractivity (Wildman–Crippen MR) is 176 cm³/mol. The molecule has 4 aromatic carbocycles. The molecule has 20 heteroatoms. The van der Waals surface area contributed by atoms with Crippen molar-refractivity contribution in [2.45, 2.75) is 27.4 Å². The Morgan fingerprint density at radius 3 is 1.81 bits per heavy atom. The van der Waals surface area contributed by atoms with Crippen molar-refractivity contribution in [1.82, 2.24) is 0 Å². The minimum atomic E-state index is -4.51. The van der Waals surface area contributed by atoms with Crippen LogP contribution in [0.25, 0.3) is 10.8 Å². The smallest absolute Gasteiger partial charge is 0.296 e. The number of anilines is 3. The lowest BCUT2D eigenvalue weighted by molar-refractivity contribution is 0.102. The Labute approximate surface area is 275 Å². The number of fused-ring (bicyclic) bond motifs is 1. The average molecular weight is 750 g/mol. The maximum absolute atomic E-state index is 12.4. The first kappa shape index (κ1) is 37.6. The second-order valence-corrected chi connectivity index (χ2v) is 16.7. The number of alkyl halides is 1. The lowest BCUT2D eigenvalue weighted by Gasteiger charge is -2.12. The van der Waals surface area contributed by atoms with E-state index >= 15 is 0 Å². The van der Waals surface area contributed by atoms with Gasteiger partial charge in [-0.1, -0.05) is 18.2 Å². The van der Waals surface area contributed by atoms with Gasteiger partial charge in [0.1, 0.15) is 9.79 Å². The van der Waals surface area contributed by atoms with Crippen LogP contribution in [-0.4, -0.2) is 64.9 Å². The van der Waals surface area contributed by atoms with Crippen LogP contribution in [0.3, 0.4) is 0 Å². The van der Waals surface area contributed by atoms with Gasteiger partial charge in [0.25, 0.3) is 36.3 Å². The molecular weight excluding hydrogens is 722 g/mol. The molecule has 0 aliphatic carbocycles. The summed E-state index contributed by atoms with van der Waals surface area (Å²) in [6.45, 7) is 1.55. The molecule has 0 aliphatic heterocycles. The number of nitrogens with one attached hydrogen (secondary N) is 1. The first-order valence-electron chi connectivity index (χ1n) is 12.8. The molecule has 4 aromatic rings. The van der Waals surface area contributed by atoms with Crippen molar-refractivity contribution in [1.29, 1.82) is 0 Å². The van der Waals surface area contributed by atoms with Crippen LogP contribution in [0.5, 0.6) is 0 Å². The monoisotopic (exact) mass is 749 g/mol. The third-order valence-corrected chi connectivity index (χ3v) is 11.1. The number of halogens is 1. The van der Waals surface area contributed by atoms with Gasteiger partial charge in [0.2, 0.25) is 0 Å². The fourth-order valence-corrected chi connectivity index (χ4v) is 7.72. The van der Waals surface area contributed by atoms with Crippen LogP contribution in [0.1, 0.15) is 21.5 Å². The van der Waals surface area contributed by atoms with Gasteiger partial charge in [-0.25, -0.2) is 8.42 Å². The Morgan fingerprint density at radius 1 is 0.723 bits per heavy atom. The lowest BCUT2D eigenvalue weighted by atomic mass is 10.1. The van der Waals surface area contributed by atoms with E-state index in [1.54, 1.807) is 6.92 Å². The minimum Gasteiger partial charge on any atom is -0.398 e. The Kier molecular flexibility index (Phi) is 11.3. The Hall–Kier alpha value is -3.82. The van der Waals surface area contributed by atoms with E-state index in [0.717, 1.165) is 24.3 Å². The Morgan fingerprint density at radius 2 is 1.28 bits per heavy atom. The Balaban J connectivity index is 0.000000274. The molecule has 15 nitrogen and oxygen atoms in total. The molecule has 254 valence electrons. The maximum Gasteiger partial charge on any atom is 0.296 e. The Bertz CT molecular complexity index is 2300. The highest BCUT2D eigenvalue weighted by atomic mass is 35.5. The number of rotatable bonds is 9. The number of amides is 1. The molecule has 0 radical (unpaired) electrons. The summed E-state index contributed by atoms with van der Waals surface area (Å²) in [5, 5.41) is 3.28. The van der Waals surface area contributed by atoms with Crippen LogP contribution in [0.4, 0.5) is 17.1 Å². The molecule has 0 fully saturated rings. The summed E-state index contributed by atoms with van der Waals surface area (Å²) in [7, 11) is -16.7. The molecule has 0 saturated carbocycles. The molecule has 47 heavy (non-hydrogen) atoms. The van der Waals surface area contributed by atoms with Crippen molar-refractivity contribution in [3.8, 4) is 0 Å². The molecule has 8 N–H and O–H groups in total. The molecule has 0 aromatic heterocycles. The molecule has 0 saturated heterocycles. The van der Waals surface area contributed by atoms with E-state index in [-0.39, 0.29) is 50.3 Å². The van der Waals surface area contributed by atoms with Gasteiger partial charge in [0.05, 0.1) is 27.8 Å². The van der Waals surface area contributed by atoms with Gasteiger partial charge in [0.15, 0.2) is 9.84 Å². The summed E-state index contributed by atoms with van der Waals surface area (Å²) in [4.78, 5) is 11.1. The zero-order chi connectivity index (χ0) is 35.5. The van der Waals surface area contributed by atoms with Gasteiger partial charge in [-0.3, -0.25) is 18.5 Å². The summed E-state index contributed by atoms with van der Waals surface area (Å²) in [6, 6.07) is 14.3. The number of carbonyl (C=O) groups is 1. The maximum atomic E-state index is 12.4. The van der Waals surface area contributed by atoms with Gasteiger partial charge in [-0.2, -0.15) is 25.3 Å². The third-order valence-electron chi connectivity index (χ3n) is 6.39. The van der Waals surface area contributed by atoms with E-state index in [1.807, 2.05) is 0 Å². The van der Waals surface area contributed by atoms with E-state index in [4.69, 9.17) is 36.7 Å². The second kappa shape index (κ2) is 14.1. The van der Waals surface area contributed by atoms with Crippen LogP contribution in [-0.2, 0) is 45.9 Å². The highest BCUT2D eigenvalue weighted by molar-refractivity contribution is 7.90. The van der Waals surface area contributed by atoms with Gasteiger partial charge in [-0.05, 0) is 77.4 Å². The van der Waals surface area contributed by atoms with Crippen LogP contribution in [0.2, 0.25) is 0 Å². The van der Waals surface area contributed by atoms with Crippen molar-refractivity contribution in [3.63, 3.8) is 0 Å². The average Bonchev–Trinajstić information content (AvgIpc) is 2.93. The third kappa shape index (κ3) is 10.1. The zero-order valence-corrected chi connectivity index (χ0v) is 28.2. The van der Waals surface area contributed by atoms with Crippen LogP contribution >= 0.6 is 11.6 Å². The lowest BCUT2D eigenvalue weighted by Crippen LogP contribution is -2.14. The molecule has 0 bridgehead atoms. The van der Waals surface area contributed by atoms with Crippen LogP contribution in [0.15, 0.2) is 81.4 Å². The largest absolute Gasteiger partial charge is 0.398 e. The topological polar surface area (TPSA) is 278 Å². The van der Waals surface area contributed by atoms with Crippen LogP contribution < -0.4 is 16.8 Å². The summed E-state index contributed by atoms with van der Waals surface area (Å²) in [6.07, 6.45) is 0. The fourth-order valence-electron chi connectivity index (χ4n) is 4.10. The van der Waals surface area contributed by atoms with Crippen molar-refractivity contribution in [2.75, 3.05) is 28.4 Å². The molecule has 0 atom stereocenters. The highest BCUT2D eigenvalue weighted by Gasteiger charge is 2.19. The molecular formula is C27H28ClN3O12S4. The van der Waals surface area contributed by atoms with E-state index < -0.39 is 55.9 Å². The predicted octanol–water partition coefficient (Wildman–Crippen LogP) is 3.15. The molecule has 4 rings (SSSR count). The zero-order valence-electron chi connectivity index (χ0n) is 24.2. The van der Waals surface area contributed by atoms with Crippen molar-refractivity contribution in [3.05, 3.63) is 83.4 Å². The first-order chi connectivity index (χ1) is 21.5. The molecule has 0 aliphatic rings. The van der Waals surface area contributed by atoms with E-state index in [0.29, 0.717) is 16.5 Å². The number of benzene rings is 4.